The van der Waals surface area contributed by atoms with E-state index in [9.17, 15) is 22.8 Å². The Morgan fingerprint density at radius 3 is 2.18 bits per heavy atom. The average Bonchev–Trinajstić information content (AvgIpc) is 2.62. The Morgan fingerprint density at radius 1 is 0.893 bits per heavy atom. The molecule has 0 saturated heterocycles. The normalized spacial score (nSPS) is 11.0. The standard InChI is InChI=1S/C20H22F3N3O2/c1-3-7-18(27)25-16-11-6-10-15(13(16)2)24-12-19(28)26-17-9-5-4-8-14(17)20(21,22)23/h4-6,8-11,24H,3,7,12H2,1-2H3,(H,25,27)(H,26,28). The quantitative estimate of drug-likeness (QED) is 0.633. The van der Waals surface area contributed by atoms with Gasteiger partial charge in [-0.2, -0.15) is 13.2 Å². The Hall–Kier alpha value is -3.03. The molecule has 0 heterocycles. The van der Waals surface area contributed by atoms with Gasteiger partial charge < -0.3 is 16.0 Å². The number of para-hydroxylation sites is 1. The fourth-order valence-corrected chi connectivity index (χ4v) is 2.61. The van der Waals surface area contributed by atoms with E-state index in [1.54, 1.807) is 25.1 Å². The lowest BCUT2D eigenvalue weighted by atomic mass is 10.1. The number of carbonyl (C=O) groups is 2. The Balaban J connectivity index is 2.03. The summed E-state index contributed by atoms with van der Waals surface area (Å²) in [6, 6.07) is 9.98. The van der Waals surface area contributed by atoms with Crippen molar-refractivity contribution in [3.05, 3.63) is 53.6 Å². The number of benzene rings is 2. The molecule has 0 aliphatic heterocycles. The van der Waals surface area contributed by atoms with Crippen molar-refractivity contribution in [1.29, 1.82) is 0 Å². The Morgan fingerprint density at radius 2 is 1.50 bits per heavy atom. The minimum Gasteiger partial charge on any atom is -0.376 e. The lowest BCUT2D eigenvalue weighted by Gasteiger charge is -2.16. The van der Waals surface area contributed by atoms with Crippen LogP contribution in [0.2, 0.25) is 0 Å². The fourth-order valence-electron chi connectivity index (χ4n) is 2.61. The number of halogens is 3. The van der Waals surface area contributed by atoms with Crippen molar-refractivity contribution >= 4 is 28.9 Å². The predicted octanol–water partition coefficient (Wildman–Crippen LogP) is 4.80. The Bertz CT molecular complexity index is 851. The molecule has 28 heavy (non-hydrogen) atoms. The van der Waals surface area contributed by atoms with Crippen LogP contribution in [0.4, 0.5) is 30.2 Å². The van der Waals surface area contributed by atoms with E-state index < -0.39 is 17.6 Å². The Kier molecular flexibility index (Phi) is 7.03. The summed E-state index contributed by atoms with van der Waals surface area (Å²) in [5.41, 5.74) is 0.759. The molecule has 0 bridgehead atoms. The van der Waals surface area contributed by atoms with Crippen molar-refractivity contribution in [1.82, 2.24) is 0 Å². The van der Waals surface area contributed by atoms with Crippen molar-refractivity contribution in [2.75, 3.05) is 22.5 Å². The number of anilines is 3. The molecule has 150 valence electrons. The average molecular weight is 393 g/mol. The molecule has 2 amide bonds. The molecule has 0 aliphatic rings. The van der Waals surface area contributed by atoms with Crippen LogP contribution in [0.5, 0.6) is 0 Å². The first kappa shape index (κ1) is 21.3. The van der Waals surface area contributed by atoms with E-state index in [2.05, 4.69) is 16.0 Å². The number of alkyl halides is 3. The SMILES string of the molecule is CCCC(=O)Nc1cccc(NCC(=O)Nc2ccccc2C(F)(F)F)c1C. The maximum Gasteiger partial charge on any atom is 0.418 e. The van der Waals surface area contributed by atoms with Crippen molar-refractivity contribution in [3.8, 4) is 0 Å². The predicted molar refractivity (Wildman–Crippen MR) is 103 cm³/mol. The van der Waals surface area contributed by atoms with E-state index >= 15 is 0 Å². The molecule has 0 fully saturated rings. The number of hydrogen-bond donors (Lipinski definition) is 3. The zero-order valence-electron chi connectivity index (χ0n) is 15.6. The van der Waals surface area contributed by atoms with Crippen LogP contribution >= 0.6 is 0 Å². The zero-order valence-corrected chi connectivity index (χ0v) is 15.6. The molecule has 2 aromatic rings. The van der Waals surface area contributed by atoms with Gasteiger partial charge in [0, 0.05) is 17.8 Å². The van der Waals surface area contributed by atoms with Gasteiger partial charge in [-0.3, -0.25) is 9.59 Å². The van der Waals surface area contributed by atoms with E-state index in [-0.39, 0.29) is 18.1 Å². The summed E-state index contributed by atoms with van der Waals surface area (Å²) < 4.78 is 39.0. The third kappa shape index (κ3) is 5.73. The van der Waals surface area contributed by atoms with Crippen LogP contribution < -0.4 is 16.0 Å². The lowest BCUT2D eigenvalue weighted by Crippen LogP contribution is -2.24. The minimum atomic E-state index is -4.56. The van der Waals surface area contributed by atoms with Gasteiger partial charge in [-0.05, 0) is 43.2 Å². The van der Waals surface area contributed by atoms with Gasteiger partial charge in [-0.1, -0.05) is 25.1 Å². The summed E-state index contributed by atoms with van der Waals surface area (Å²) in [6.07, 6.45) is -3.43. The van der Waals surface area contributed by atoms with Crippen LogP contribution in [-0.2, 0) is 15.8 Å². The molecule has 5 nitrogen and oxygen atoms in total. The highest BCUT2D eigenvalue weighted by molar-refractivity contribution is 5.95. The molecule has 0 atom stereocenters. The third-order valence-corrected chi connectivity index (χ3v) is 4.03. The molecule has 2 aromatic carbocycles. The van der Waals surface area contributed by atoms with Gasteiger partial charge >= 0.3 is 6.18 Å². The molecule has 0 saturated carbocycles. The zero-order chi connectivity index (χ0) is 20.7. The highest BCUT2D eigenvalue weighted by Crippen LogP contribution is 2.34. The van der Waals surface area contributed by atoms with E-state index in [1.165, 1.54) is 18.2 Å². The van der Waals surface area contributed by atoms with Crippen LogP contribution in [0.25, 0.3) is 0 Å². The second-order valence-corrected chi connectivity index (χ2v) is 6.22. The summed E-state index contributed by atoms with van der Waals surface area (Å²) in [7, 11) is 0. The first-order valence-electron chi connectivity index (χ1n) is 8.81. The molecular weight excluding hydrogens is 371 g/mol. The largest absolute Gasteiger partial charge is 0.418 e. The van der Waals surface area contributed by atoms with Gasteiger partial charge in [0.1, 0.15) is 0 Å². The van der Waals surface area contributed by atoms with E-state index in [4.69, 9.17) is 0 Å². The molecule has 2 rings (SSSR count). The minimum absolute atomic E-state index is 0.107. The van der Waals surface area contributed by atoms with Gasteiger partial charge in [0.15, 0.2) is 0 Å². The molecular formula is C20H22F3N3O2. The second kappa shape index (κ2) is 9.25. The number of rotatable bonds is 7. The fraction of sp³-hybridized carbons (Fsp3) is 0.300. The number of amides is 2. The van der Waals surface area contributed by atoms with Crippen LogP contribution in [-0.4, -0.2) is 18.4 Å². The molecule has 0 radical (unpaired) electrons. The first-order chi connectivity index (χ1) is 13.2. The maximum atomic E-state index is 13.0. The molecule has 8 heteroatoms. The van der Waals surface area contributed by atoms with E-state index in [0.29, 0.717) is 17.8 Å². The van der Waals surface area contributed by atoms with Gasteiger partial charge in [0.2, 0.25) is 11.8 Å². The maximum absolute atomic E-state index is 13.0. The van der Waals surface area contributed by atoms with Gasteiger partial charge in [0.05, 0.1) is 17.8 Å². The van der Waals surface area contributed by atoms with E-state index in [1.807, 2.05) is 6.92 Å². The van der Waals surface area contributed by atoms with Crippen LogP contribution in [0.1, 0.15) is 30.9 Å². The summed E-state index contributed by atoms with van der Waals surface area (Å²) in [4.78, 5) is 23.9. The van der Waals surface area contributed by atoms with Crippen molar-refractivity contribution in [2.24, 2.45) is 0 Å². The highest BCUT2D eigenvalue weighted by Gasteiger charge is 2.33. The number of hydrogen-bond acceptors (Lipinski definition) is 3. The van der Waals surface area contributed by atoms with Crippen LogP contribution in [0, 0.1) is 6.92 Å². The van der Waals surface area contributed by atoms with Crippen molar-refractivity contribution in [2.45, 2.75) is 32.9 Å². The summed E-state index contributed by atoms with van der Waals surface area (Å²) in [5.74, 6) is -0.722. The third-order valence-electron chi connectivity index (χ3n) is 4.03. The van der Waals surface area contributed by atoms with Gasteiger partial charge in [-0.25, -0.2) is 0 Å². The summed E-state index contributed by atoms with van der Waals surface area (Å²) in [6.45, 7) is 3.46. The molecule has 0 spiro atoms. The topological polar surface area (TPSA) is 70.2 Å². The Labute approximate surface area is 161 Å². The molecule has 3 N–H and O–H groups in total. The van der Waals surface area contributed by atoms with E-state index in [0.717, 1.165) is 18.1 Å². The lowest BCUT2D eigenvalue weighted by molar-refractivity contribution is -0.137. The molecule has 0 aromatic heterocycles. The molecule has 0 aliphatic carbocycles. The van der Waals surface area contributed by atoms with Crippen LogP contribution in [0.15, 0.2) is 42.5 Å². The number of carbonyl (C=O) groups excluding carboxylic acids is 2. The smallest absolute Gasteiger partial charge is 0.376 e. The van der Waals surface area contributed by atoms with Crippen molar-refractivity contribution < 1.29 is 22.8 Å². The van der Waals surface area contributed by atoms with Gasteiger partial charge in [0.25, 0.3) is 0 Å². The molecule has 0 unspecified atom stereocenters. The van der Waals surface area contributed by atoms with Crippen LogP contribution in [0.3, 0.4) is 0 Å². The van der Waals surface area contributed by atoms with Gasteiger partial charge in [-0.15, -0.1) is 0 Å². The number of nitrogens with one attached hydrogen (secondary N) is 3. The highest BCUT2D eigenvalue weighted by atomic mass is 19.4. The summed E-state index contributed by atoms with van der Waals surface area (Å²) >= 11 is 0. The summed E-state index contributed by atoms with van der Waals surface area (Å²) in [5, 5.41) is 7.97. The first-order valence-corrected chi connectivity index (χ1v) is 8.81. The second-order valence-electron chi connectivity index (χ2n) is 6.22. The van der Waals surface area contributed by atoms with Crippen molar-refractivity contribution in [3.63, 3.8) is 0 Å². The monoisotopic (exact) mass is 393 g/mol.